The normalized spacial score (nSPS) is 20.3. The summed E-state index contributed by atoms with van der Waals surface area (Å²) >= 11 is 3.55. The Balaban J connectivity index is 0.00000108. The van der Waals surface area contributed by atoms with Crippen molar-refractivity contribution in [2.24, 2.45) is 0 Å². The molecule has 1 N–H and O–H groups in total. The molecule has 1 spiro atoms. The van der Waals surface area contributed by atoms with E-state index in [1.807, 2.05) is 18.2 Å². The summed E-state index contributed by atoms with van der Waals surface area (Å²) in [4.78, 5) is 0. The van der Waals surface area contributed by atoms with Crippen LogP contribution in [0, 0.1) is 0 Å². The Labute approximate surface area is 116 Å². The molecule has 1 saturated heterocycles. The number of nitrogens with one attached hydrogen (secondary N) is 1. The highest BCUT2D eigenvalue weighted by Gasteiger charge is 2.34. The van der Waals surface area contributed by atoms with E-state index in [-0.39, 0.29) is 18.0 Å². The molecule has 0 radical (unpaired) electrons. The van der Waals surface area contributed by atoms with E-state index in [1.165, 1.54) is 0 Å². The van der Waals surface area contributed by atoms with Gasteiger partial charge >= 0.3 is 0 Å². The second kappa shape index (κ2) is 5.01. The van der Waals surface area contributed by atoms with Crippen LogP contribution in [0.2, 0.25) is 0 Å². The van der Waals surface area contributed by atoms with E-state index in [9.17, 15) is 0 Å². The van der Waals surface area contributed by atoms with Gasteiger partial charge < -0.3 is 10.1 Å². The highest BCUT2D eigenvalue weighted by atomic mass is 79.9. The number of hydrogen-bond acceptors (Lipinski definition) is 2. The predicted molar refractivity (Wildman–Crippen MR) is 75.9 cm³/mol. The molecule has 1 aromatic carbocycles. The van der Waals surface area contributed by atoms with E-state index in [0.29, 0.717) is 0 Å². The van der Waals surface area contributed by atoms with E-state index in [0.717, 1.165) is 41.7 Å². The number of piperidine rings is 1. The predicted octanol–water partition coefficient (Wildman–Crippen LogP) is 3.40. The third kappa shape index (κ3) is 2.37. The van der Waals surface area contributed by atoms with Gasteiger partial charge in [0.1, 0.15) is 11.4 Å². The van der Waals surface area contributed by atoms with Crippen LogP contribution in [0.25, 0.3) is 6.08 Å². The fourth-order valence-electron chi connectivity index (χ4n) is 2.37. The molecule has 2 nitrogen and oxygen atoms in total. The minimum Gasteiger partial charge on any atom is -0.482 e. The summed E-state index contributed by atoms with van der Waals surface area (Å²) in [5.74, 6) is 0.999. The van der Waals surface area contributed by atoms with Crippen LogP contribution in [0.1, 0.15) is 18.4 Å². The summed E-state index contributed by atoms with van der Waals surface area (Å²) in [6, 6.07) is 6.12. The minimum atomic E-state index is -0.0704. The van der Waals surface area contributed by atoms with Crippen molar-refractivity contribution >= 4 is 34.4 Å². The van der Waals surface area contributed by atoms with Gasteiger partial charge in [0.2, 0.25) is 0 Å². The molecule has 3 rings (SSSR count). The first kappa shape index (κ1) is 12.9. The first-order valence-corrected chi connectivity index (χ1v) is 6.46. The molecule has 1 fully saturated rings. The molecular weight excluding hydrogens is 302 g/mol. The second-order valence-electron chi connectivity index (χ2n) is 4.40. The van der Waals surface area contributed by atoms with Gasteiger partial charge in [-0.3, -0.25) is 0 Å². The lowest BCUT2D eigenvalue weighted by atomic mass is 9.89. The molecule has 0 aromatic heterocycles. The molecule has 0 saturated carbocycles. The van der Waals surface area contributed by atoms with Crippen LogP contribution >= 0.6 is 28.3 Å². The van der Waals surface area contributed by atoms with Crippen molar-refractivity contribution in [1.29, 1.82) is 0 Å². The van der Waals surface area contributed by atoms with Gasteiger partial charge in [0, 0.05) is 22.9 Å². The first-order valence-electron chi connectivity index (χ1n) is 5.67. The number of ether oxygens (including phenoxy) is 1. The van der Waals surface area contributed by atoms with Crippen LogP contribution in [0.15, 0.2) is 28.7 Å². The molecular formula is C13H15BrClNO. The molecule has 2 aliphatic heterocycles. The molecule has 0 unspecified atom stereocenters. The molecule has 92 valence electrons. The van der Waals surface area contributed by atoms with Crippen molar-refractivity contribution in [3.63, 3.8) is 0 Å². The summed E-state index contributed by atoms with van der Waals surface area (Å²) in [5, 5.41) is 3.37. The Kier molecular flexibility index (Phi) is 3.81. The van der Waals surface area contributed by atoms with E-state index in [2.05, 4.69) is 33.4 Å². The Morgan fingerprint density at radius 2 is 2.00 bits per heavy atom. The topological polar surface area (TPSA) is 21.3 Å². The van der Waals surface area contributed by atoms with Crippen LogP contribution in [0.3, 0.4) is 0 Å². The lowest BCUT2D eigenvalue weighted by Gasteiger charge is -2.38. The average Bonchev–Trinajstić information content (AvgIpc) is 2.30. The zero-order valence-corrected chi connectivity index (χ0v) is 11.8. The number of rotatable bonds is 0. The van der Waals surface area contributed by atoms with Crippen molar-refractivity contribution in [3.8, 4) is 5.75 Å². The third-order valence-corrected chi connectivity index (χ3v) is 4.02. The summed E-state index contributed by atoms with van der Waals surface area (Å²) in [6.07, 6.45) is 6.51. The smallest absolute Gasteiger partial charge is 0.130 e. The van der Waals surface area contributed by atoms with Gasteiger partial charge in [-0.2, -0.15) is 0 Å². The molecule has 17 heavy (non-hydrogen) atoms. The zero-order chi connectivity index (χ0) is 11.0. The second-order valence-corrected chi connectivity index (χ2v) is 5.26. The fraction of sp³-hybridized carbons (Fsp3) is 0.385. The standard InChI is InChI=1S/C13H14BrNO.ClH/c14-11-2-1-3-12-10(11)4-5-13(16-12)6-8-15-9-7-13;/h1-5,15H,6-9H2;1H. The van der Waals surface area contributed by atoms with Crippen LogP contribution in [-0.2, 0) is 0 Å². The lowest BCUT2D eigenvalue weighted by molar-refractivity contribution is 0.0822. The quantitative estimate of drug-likeness (QED) is 0.792. The monoisotopic (exact) mass is 315 g/mol. The van der Waals surface area contributed by atoms with Crippen LogP contribution in [0.4, 0.5) is 0 Å². The average molecular weight is 317 g/mol. The van der Waals surface area contributed by atoms with Gasteiger partial charge in [-0.05, 0) is 31.3 Å². The Bertz CT molecular complexity index is 441. The molecule has 2 heterocycles. The van der Waals surface area contributed by atoms with E-state index < -0.39 is 0 Å². The van der Waals surface area contributed by atoms with Crippen LogP contribution in [-0.4, -0.2) is 18.7 Å². The molecule has 1 aromatic rings. The van der Waals surface area contributed by atoms with Crippen molar-refractivity contribution in [3.05, 3.63) is 34.3 Å². The Morgan fingerprint density at radius 3 is 2.76 bits per heavy atom. The summed E-state index contributed by atoms with van der Waals surface area (Å²) < 4.78 is 7.29. The van der Waals surface area contributed by atoms with Gasteiger partial charge in [0.25, 0.3) is 0 Å². The number of hydrogen-bond donors (Lipinski definition) is 1. The summed E-state index contributed by atoms with van der Waals surface area (Å²) in [7, 11) is 0. The van der Waals surface area contributed by atoms with Crippen molar-refractivity contribution < 1.29 is 4.74 Å². The number of halogens is 2. The van der Waals surface area contributed by atoms with Crippen LogP contribution in [0.5, 0.6) is 5.75 Å². The highest BCUT2D eigenvalue weighted by Crippen LogP contribution is 2.38. The van der Waals surface area contributed by atoms with Gasteiger partial charge in [0.05, 0.1) is 0 Å². The molecule has 0 atom stereocenters. The largest absolute Gasteiger partial charge is 0.482 e. The Hall–Kier alpha value is -0.510. The van der Waals surface area contributed by atoms with Crippen molar-refractivity contribution in [2.75, 3.05) is 13.1 Å². The number of fused-ring (bicyclic) bond motifs is 1. The van der Waals surface area contributed by atoms with Gasteiger partial charge in [-0.1, -0.05) is 28.1 Å². The molecule has 0 amide bonds. The van der Waals surface area contributed by atoms with Gasteiger partial charge in [-0.15, -0.1) is 12.4 Å². The molecule has 0 aliphatic carbocycles. The Morgan fingerprint density at radius 1 is 1.24 bits per heavy atom. The van der Waals surface area contributed by atoms with Gasteiger partial charge in [-0.25, -0.2) is 0 Å². The van der Waals surface area contributed by atoms with Crippen molar-refractivity contribution in [1.82, 2.24) is 5.32 Å². The zero-order valence-electron chi connectivity index (χ0n) is 9.41. The van der Waals surface area contributed by atoms with Crippen molar-refractivity contribution in [2.45, 2.75) is 18.4 Å². The molecule has 4 heteroatoms. The summed E-state index contributed by atoms with van der Waals surface area (Å²) in [5.41, 5.74) is 1.09. The van der Waals surface area contributed by atoms with Crippen LogP contribution < -0.4 is 10.1 Å². The minimum absolute atomic E-state index is 0. The maximum atomic E-state index is 6.18. The first-order chi connectivity index (χ1) is 7.79. The van der Waals surface area contributed by atoms with E-state index >= 15 is 0 Å². The van der Waals surface area contributed by atoms with Gasteiger partial charge in [0.15, 0.2) is 0 Å². The van der Waals surface area contributed by atoms with E-state index in [1.54, 1.807) is 0 Å². The third-order valence-electron chi connectivity index (χ3n) is 3.33. The molecule has 2 aliphatic rings. The maximum Gasteiger partial charge on any atom is 0.130 e. The lowest BCUT2D eigenvalue weighted by Crippen LogP contribution is -2.45. The SMILES string of the molecule is Brc1cccc2c1C=CC1(CCNCC1)O2.Cl. The molecule has 0 bridgehead atoms. The highest BCUT2D eigenvalue weighted by molar-refractivity contribution is 9.10. The van der Waals surface area contributed by atoms with E-state index in [4.69, 9.17) is 4.74 Å². The fourth-order valence-corrected chi connectivity index (χ4v) is 2.86. The summed E-state index contributed by atoms with van der Waals surface area (Å²) in [6.45, 7) is 2.07. The number of benzene rings is 1. The maximum absolute atomic E-state index is 6.18.